The van der Waals surface area contributed by atoms with E-state index in [0.29, 0.717) is 18.7 Å². The first-order valence-corrected chi connectivity index (χ1v) is 8.92. The third-order valence-corrected chi connectivity index (χ3v) is 4.91. The maximum atomic E-state index is 12.6. The van der Waals surface area contributed by atoms with Gasteiger partial charge in [0.2, 0.25) is 0 Å². The van der Waals surface area contributed by atoms with Crippen molar-refractivity contribution in [3.8, 4) is 0 Å². The number of carbonyl (C=O) groups excluding carboxylic acids is 3. The van der Waals surface area contributed by atoms with Gasteiger partial charge in [-0.2, -0.15) is 0 Å². The van der Waals surface area contributed by atoms with Crippen LogP contribution in [0.25, 0.3) is 0 Å². The first kappa shape index (κ1) is 18.2. The largest absolute Gasteiger partial charge is 0.326 e. The van der Waals surface area contributed by atoms with Gasteiger partial charge in [0.25, 0.3) is 5.91 Å². The number of nitrogens with zero attached hydrogens (tertiary/aromatic N) is 2. The highest BCUT2D eigenvalue weighted by atomic mass is 16.2. The van der Waals surface area contributed by atoms with E-state index in [0.717, 1.165) is 25.1 Å². The molecule has 2 atom stereocenters. The lowest BCUT2D eigenvalue weighted by Gasteiger charge is -2.27. The van der Waals surface area contributed by atoms with E-state index in [2.05, 4.69) is 27.9 Å². The normalized spacial score (nSPS) is 22.8. The lowest BCUT2D eigenvalue weighted by molar-refractivity contribution is -0.120. The van der Waals surface area contributed by atoms with Crippen LogP contribution in [-0.4, -0.2) is 66.5 Å². The van der Waals surface area contributed by atoms with Gasteiger partial charge >= 0.3 is 12.1 Å². The second-order valence-corrected chi connectivity index (χ2v) is 6.84. The highest BCUT2D eigenvalue weighted by molar-refractivity contribution is 6.04. The Kier molecular flexibility index (Phi) is 5.41. The zero-order valence-corrected chi connectivity index (χ0v) is 15.1. The number of amides is 5. The molecule has 2 aliphatic heterocycles. The highest BCUT2D eigenvalue weighted by Crippen LogP contribution is 2.17. The van der Waals surface area contributed by atoms with Crippen LogP contribution in [0.1, 0.15) is 18.9 Å². The van der Waals surface area contributed by atoms with Crippen LogP contribution in [0.2, 0.25) is 0 Å². The van der Waals surface area contributed by atoms with E-state index in [1.54, 1.807) is 0 Å². The average Bonchev–Trinajstić information content (AvgIpc) is 3.15. The second-order valence-electron chi connectivity index (χ2n) is 6.84. The summed E-state index contributed by atoms with van der Waals surface area (Å²) >= 11 is 0. The standard InChI is InChI=1S/C18H25N5O3/c1-3-23(14-8-9-22(2)11-14)18(26)19-13-6-4-12(5-7-13)10-15-16(24)21-17(25)20-15/h4-7,14-15H,3,8-11H2,1-2H3,(H,19,26)(H2,20,21,24,25). The Balaban J connectivity index is 1.57. The Labute approximate surface area is 152 Å². The van der Waals surface area contributed by atoms with E-state index in [-0.39, 0.29) is 18.0 Å². The first-order chi connectivity index (χ1) is 12.5. The molecule has 2 saturated heterocycles. The van der Waals surface area contributed by atoms with Crippen LogP contribution in [0.15, 0.2) is 24.3 Å². The van der Waals surface area contributed by atoms with Crippen molar-refractivity contribution in [2.75, 3.05) is 32.0 Å². The van der Waals surface area contributed by atoms with E-state index in [1.807, 2.05) is 36.1 Å². The van der Waals surface area contributed by atoms with Gasteiger partial charge in [-0.3, -0.25) is 10.1 Å². The van der Waals surface area contributed by atoms with Crippen LogP contribution in [0.5, 0.6) is 0 Å². The van der Waals surface area contributed by atoms with Gasteiger partial charge in [-0.25, -0.2) is 9.59 Å². The quantitative estimate of drug-likeness (QED) is 0.684. The number of likely N-dealkylation sites (tertiary alicyclic amines) is 1. The van der Waals surface area contributed by atoms with Gasteiger partial charge in [-0.1, -0.05) is 12.1 Å². The molecule has 26 heavy (non-hydrogen) atoms. The SMILES string of the molecule is CCN(C(=O)Nc1ccc(CC2NC(=O)NC2=O)cc1)C1CCN(C)C1. The Morgan fingerprint density at radius 1 is 1.31 bits per heavy atom. The molecular formula is C18H25N5O3. The molecule has 3 N–H and O–H groups in total. The van der Waals surface area contributed by atoms with Gasteiger partial charge in [0.1, 0.15) is 6.04 Å². The van der Waals surface area contributed by atoms with Crippen molar-refractivity contribution in [1.29, 1.82) is 0 Å². The zero-order chi connectivity index (χ0) is 18.7. The number of hydrogen-bond donors (Lipinski definition) is 3. The van der Waals surface area contributed by atoms with Gasteiger partial charge in [-0.05, 0) is 44.6 Å². The molecule has 3 rings (SSSR count). The molecule has 2 unspecified atom stereocenters. The molecule has 0 aromatic heterocycles. The zero-order valence-electron chi connectivity index (χ0n) is 15.1. The van der Waals surface area contributed by atoms with Crippen LogP contribution < -0.4 is 16.0 Å². The Bertz CT molecular complexity index is 691. The summed E-state index contributed by atoms with van der Waals surface area (Å²) in [6.07, 6.45) is 1.41. The van der Waals surface area contributed by atoms with Crippen molar-refractivity contribution < 1.29 is 14.4 Å². The monoisotopic (exact) mass is 359 g/mol. The van der Waals surface area contributed by atoms with Gasteiger partial charge < -0.3 is 20.4 Å². The van der Waals surface area contributed by atoms with Crippen LogP contribution in [0.3, 0.4) is 0 Å². The van der Waals surface area contributed by atoms with E-state index in [9.17, 15) is 14.4 Å². The summed E-state index contributed by atoms with van der Waals surface area (Å²) < 4.78 is 0. The van der Waals surface area contributed by atoms with Gasteiger partial charge in [0.15, 0.2) is 0 Å². The molecule has 0 aliphatic carbocycles. The molecule has 0 spiro atoms. The molecule has 5 amide bonds. The van der Waals surface area contributed by atoms with Gasteiger partial charge in [0, 0.05) is 31.2 Å². The second kappa shape index (κ2) is 7.74. The summed E-state index contributed by atoms with van der Waals surface area (Å²) in [7, 11) is 2.07. The van der Waals surface area contributed by atoms with E-state index < -0.39 is 12.1 Å². The van der Waals surface area contributed by atoms with Crippen molar-refractivity contribution in [2.45, 2.75) is 31.8 Å². The molecule has 1 aromatic carbocycles. The molecule has 8 nitrogen and oxygen atoms in total. The first-order valence-electron chi connectivity index (χ1n) is 8.92. The van der Waals surface area contributed by atoms with Crippen molar-refractivity contribution in [3.05, 3.63) is 29.8 Å². The van der Waals surface area contributed by atoms with Gasteiger partial charge in [-0.15, -0.1) is 0 Å². The summed E-state index contributed by atoms with van der Waals surface area (Å²) in [4.78, 5) is 39.4. The molecule has 2 aliphatic rings. The Morgan fingerprint density at radius 3 is 2.58 bits per heavy atom. The number of urea groups is 2. The highest BCUT2D eigenvalue weighted by Gasteiger charge is 2.30. The minimum absolute atomic E-state index is 0.0945. The van der Waals surface area contributed by atoms with Crippen molar-refractivity contribution >= 4 is 23.7 Å². The Morgan fingerprint density at radius 2 is 2.04 bits per heavy atom. The molecule has 0 bridgehead atoms. The third kappa shape index (κ3) is 4.13. The molecule has 8 heteroatoms. The summed E-state index contributed by atoms with van der Waals surface area (Å²) in [5.74, 6) is -0.313. The minimum Gasteiger partial charge on any atom is -0.326 e. The van der Waals surface area contributed by atoms with Crippen molar-refractivity contribution in [3.63, 3.8) is 0 Å². The lowest BCUT2D eigenvalue weighted by Crippen LogP contribution is -2.43. The number of imide groups is 1. The summed E-state index contributed by atoms with van der Waals surface area (Å²) in [5.41, 5.74) is 1.62. The number of rotatable bonds is 5. The van der Waals surface area contributed by atoms with Crippen molar-refractivity contribution in [2.24, 2.45) is 0 Å². The number of carbonyl (C=O) groups is 3. The molecule has 140 valence electrons. The Hall–Kier alpha value is -2.61. The van der Waals surface area contributed by atoms with E-state index in [4.69, 9.17) is 0 Å². The fourth-order valence-electron chi connectivity index (χ4n) is 3.49. The topological polar surface area (TPSA) is 93.8 Å². The fraction of sp³-hybridized carbons (Fsp3) is 0.500. The molecular weight excluding hydrogens is 334 g/mol. The van der Waals surface area contributed by atoms with Gasteiger partial charge in [0.05, 0.1) is 0 Å². The summed E-state index contributed by atoms with van der Waals surface area (Å²) in [6, 6.07) is 6.49. The predicted molar refractivity (Wildman–Crippen MR) is 97.9 cm³/mol. The number of nitrogens with one attached hydrogen (secondary N) is 3. The maximum Gasteiger partial charge on any atom is 0.322 e. The predicted octanol–water partition coefficient (Wildman–Crippen LogP) is 0.995. The average molecular weight is 359 g/mol. The smallest absolute Gasteiger partial charge is 0.322 e. The van der Waals surface area contributed by atoms with Crippen LogP contribution >= 0.6 is 0 Å². The maximum absolute atomic E-state index is 12.6. The molecule has 2 heterocycles. The number of hydrogen-bond acceptors (Lipinski definition) is 4. The van der Waals surface area contributed by atoms with Crippen molar-refractivity contribution in [1.82, 2.24) is 20.4 Å². The molecule has 2 fully saturated rings. The van der Waals surface area contributed by atoms with Crippen LogP contribution in [0, 0.1) is 0 Å². The number of anilines is 1. The third-order valence-electron chi connectivity index (χ3n) is 4.91. The number of benzene rings is 1. The molecule has 0 radical (unpaired) electrons. The molecule has 0 saturated carbocycles. The van der Waals surface area contributed by atoms with Crippen LogP contribution in [-0.2, 0) is 11.2 Å². The summed E-state index contributed by atoms with van der Waals surface area (Å²) in [6.45, 7) is 4.56. The molecule has 1 aromatic rings. The van der Waals surface area contributed by atoms with E-state index in [1.165, 1.54) is 0 Å². The fourth-order valence-corrected chi connectivity index (χ4v) is 3.49. The number of likely N-dealkylation sites (N-methyl/N-ethyl adjacent to an activating group) is 2. The lowest BCUT2D eigenvalue weighted by atomic mass is 10.1. The summed E-state index contributed by atoms with van der Waals surface area (Å²) in [5, 5.41) is 7.74. The minimum atomic E-state index is -0.544. The van der Waals surface area contributed by atoms with Crippen LogP contribution in [0.4, 0.5) is 15.3 Å². The van der Waals surface area contributed by atoms with E-state index >= 15 is 0 Å².